The average molecular weight is 372 g/mol. The lowest BCUT2D eigenvalue weighted by atomic mass is 9.89. The van der Waals surface area contributed by atoms with Crippen LogP contribution in [0.25, 0.3) is 0 Å². The summed E-state index contributed by atoms with van der Waals surface area (Å²) < 4.78 is 5.29. The predicted octanol–water partition coefficient (Wildman–Crippen LogP) is 3.14. The monoisotopic (exact) mass is 371 g/mol. The van der Waals surface area contributed by atoms with Crippen LogP contribution in [0.5, 0.6) is 5.75 Å². The molecular formula is C20H25N3O2S. The van der Waals surface area contributed by atoms with Crippen molar-refractivity contribution in [3.8, 4) is 5.75 Å². The minimum absolute atomic E-state index is 0.0684. The number of carbonyl (C=O) groups excluding carboxylic acids is 1. The summed E-state index contributed by atoms with van der Waals surface area (Å²) in [6.45, 7) is 4.88. The van der Waals surface area contributed by atoms with Crippen LogP contribution in [0.4, 0.5) is 0 Å². The third-order valence-electron chi connectivity index (χ3n) is 5.52. The van der Waals surface area contributed by atoms with Gasteiger partial charge in [-0.15, -0.1) is 11.3 Å². The van der Waals surface area contributed by atoms with Crippen molar-refractivity contribution in [3.63, 3.8) is 0 Å². The molecule has 1 N–H and O–H groups in total. The molecule has 0 saturated carbocycles. The highest BCUT2D eigenvalue weighted by Crippen LogP contribution is 2.43. The lowest BCUT2D eigenvalue weighted by Crippen LogP contribution is -2.34. The molecule has 1 aromatic carbocycles. The van der Waals surface area contributed by atoms with E-state index in [0.717, 1.165) is 43.2 Å². The third kappa shape index (κ3) is 3.12. The highest BCUT2D eigenvalue weighted by molar-refractivity contribution is 7.09. The van der Waals surface area contributed by atoms with Crippen LogP contribution in [-0.4, -0.2) is 42.5 Å². The van der Waals surface area contributed by atoms with Crippen molar-refractivity contribution in [1.82, 2.24) is 15.2 Å². The Labute approximate surface area is 158 Å². The van der Waals surface area contributed by atoms with E-state index in [2.05, 4.69) is 29.4 Å². The Bertz CT molecular complexity index is 774. The number of ether oxygens (including phenoxy) is 1. The fourth-order valence-electron chi connectivity index (χ4n) is 4.24. The number of aryl methyl sites for hydroxylation is 1. The van der Waals surface area contributed by atoms with E-state index in [1.54, 1.807) is 18.4 Å². The van der Waals surface area contributed by atoms with Crippen LogP contribution in [0.3, 0.4) is 0 Å². The largest absolute Gasteiger partial charge is 0.497 e. The smallest absolute Gasteiger partial charge is 0.273 e. The molecule has 0 bridgehead atoms. The number of thiazole rings is 1. The molecule has 2 aliphatic rings. The van der Waals surface area contributed by atoms with E-state index in [-0.39, 0.29) is 11.9 Å². The third-order valence-corrected chi connectivity index (χ3v) is 6.43. The fourth-order valence-corrected chi connectivity index (χ4v) is 5.12. The topological polar surface area (TPSA) is 54.5 Å². The standard InChI is InChI=1S/C20H25N3O2S/c1-3-4-18-22-17(12-26-18)20(24)23-11-14-9-21-10-16(14)19(23)13-5-7-15(25-2)8-6-13/h5-8,12,14,16,19,21H,3-4,9-11H2,1-2H3/t14-,16-,19-/m0/s1. The lowest BCUT2D eigenvalue weighted by Gasteiger charge is -2.28. The van der Waals surface area contributed by atoms with Gasteiger partial charge in [-0.1, -0.05) is 19.1 Å². The molecule has 2 fully saturated rings. The van der Waals surface area contributed by atoms with Crippen molar-refractivity contribution in [1.29, 1.82) is 0 Å². The molecule has 2 aliphatic heterocycles. The number of nitrogens with one attached hydrogen (secondary N) is 1. The molecule has 1 aromatic heterocycles. The molecule has 3 heterocycles. The zero-order valence-electron chi connectivity index (χ0n) is 15.3. The molecule has 0 radical (unpaired) electrons. The van der Waals surface area contributed by atoms with Gasteiger partial charge in [0.15, 0.2) is 0 Å². The van der Waals surface area contributed by atoms with Gasteiger partial charge in [0, 0.05) is 30.9 Å². The molecule has 0 aliphatic carbocycles. The minimum atomic E-state index is 0.0684. The van der Waals surface area contributed by atoms with Crippen molar-refractivity contribution in [2.24, 2.45) is 11.8 Å². The Balaban J connectivity index is 1.62. The number of methoxy groups -OCH3 is 1. The Morgan fingerprint density at radius 2 is 2.15 bits per heavy atom. The first-order chi connectivity index (χ1) is 12.7. The van der Waals surface area contributed by atoms with E-state index in [9.17, 15) is 4.79 Å². The summed E-state index contributed by atoms with van der Waals surface area (Å²) in [5.41, 5.74) is 1.78. The van der Waals surface area contributed by atoms with Crippen LogP contribution in [0, 0.1) is 11.8 Å². The Morgan fingerprint density at radius 1 is 1.35 bits per heavy atom. The number of rotatable bonds is 5. The molecule has 4 rings (SSSR count). The van der Waals surface area contributed by atoms with E-state index >= 15 is 0 Å². The van der Waals surface area contributed by atoms with Gasteiger partial charge < -0.3 is 15.0 Å². The van der Waals surface area contributed by atoms with E-state index < -0.39 is 0 Å². The second-order valence-electron chi connectivity index (χ2n) is 7.13. The van der Waals surface area contributed by atoms with Gasteiger partial charge in [-0.3, -0.25) is 4.79 Å². The van der Waals surface area contributed by atoms with Crippen LogP contribution >= 0.6 is 11.3 Å². The summed E-state index contributed by atoms with van der Waals surface area (Å²) in [5.74, 6) is 1.88. The first-order valence-corrected chi connectivity index (χ1v) is 10.2. The normalized spacial score (nSPS) is 24.7. The zero-order valence-corrected chi connectivity index (χ0v) is 16.1. The zero-order chi connectivity index (χ0) is 18.1. The maximum atomic E-state index is 13.2. The fraction of sp³-hybridized carbons (Fsp3) is 0.500. The van der Waals surface area contributed by atoms with Gasteiger partial charge in [0.2, 0.25) is 0 Å². The number of amides is 1. The number of nitrogens with zero attached hydrogens (tertiary/aromatic N) is 2. The molecule has 6 heteroatoms. The van der Waals surface area contributed by atoms with Crippen molar-refractivity contribution in [2.75, 3.05) is 26.7 Å². The van der Waals surface area contributed by atoms with E-state index in [4.69, 9.17) is 4.74 Å². The first-order valence-electron chi connectivity index (χ1n) is 9.31. The van der Waals surface area contributed by atoms with Crippen molar-refractivity contribution < 1.29 is 9.53 Å². The number of carbonyl (C=O) groups is 1. The van der Waals surface area contributed by atoms with Gasteiger partial charge >= 0.3 is 0 Å². The number of aromatic nitrogens is 1. The second-order valence-corrected chi connectivity index (χ2v) is 8.08. The highest BCUT2D eigenvalue weighted by atomic mass is 32.1. The molecule has 5 nitrogen and oxygen atoms in total. The van der Waals surface area contributed by atoms with E-state index in [0.29, 0.717) is 17.5 Å². The molecule has 2 saturated heterocycles. The van der Waals surface area contributed by atoms with Crippen LogP contribution in [-0.2, 0) is 6.42 Å². The summed E-state index contributed by atoms with van der Waals surface area (Å²) in [6, 6.07) is 8.25. The lowest BCUT2D eigenvalue weighted by molar-refractivity contribution is 0.0708. The number of hydrogen-bond donors (Lipinski definition) is 1. The van der Waals surface area contributed by atoms with Crippen molar-refractivity contribution in [2.45, 2.75) is 25.8 Å². The van der Waals surface area contributed by atoms with Crippen LogP contribution < -0.4 is 10.1 Å². The predicted molar refractivity (Wildman–Crippen MR) is 103 cm³/mol. The molecule has 138 valence electrons. The molecule has 26 heavy (non-hydrogen) atoms. The Kier molecular flexibility index (Phi) is 4.96. The van der Waals surface area contributed by atoms with Crippen LogP contribution in [0.2, 0.25) is 0 Å². The van der Waals surface area contributed by atoms with Gasteiger partial charge in [-0.25, -0.2) is 4.98 Å². The summed E-state index contributed by atoms with van der Waals surface area (Å²) in [4.78, 5) is 19.9. The quantitative estimate of drug-likeness (QED) is 0.877. The summed E-state index contributed by atoms with van der Waals surface area (Å²) >= 11 is 1.60. The molecule has 3 atom stereocenters. The summed E-state index contributed by atoms with van der Waals surface area (Å²) in [7, 11) is 1.67. The van der Waals surface area contributed by atoms with Gasteiger partial charge in [0.25, 0.3) is 5.91 Å². The van der Waals surface area contributed by atoms with E-state index in [1.165, 1.54) is 5.56 Å². The number of hydrogen-bond acceptors (Lipinski definition) is 5. The molecule has 1 amide bonds. The van der Waals surface area contributed by atoms with Gasteiger partial charge in [0.05, 0.1) is 18.2 Å². The van der Waals surface area contributed by atoms with Crippen LogP contribution in [0.1, 0.15) is 40.4 Å². The SMILES string of the molecule is CCCc1nc(C(=O)N2C[C@@H]3CNC[C@@H]3[C@@H]2c2ccc(OC)cc2)cs1. The molecule has 0 spiro atoms. The Morgan fingerprint density at radius 3 is 2.88 bits per heavy atom. The van der Waals surface area contributed by atoms with Crippen molar-refractivity contribution in [3.05, 3.63) is 45.9 Å². The maximum absolute atomic E-state index is 13.2. The second kappa shape index (κ2) is 7.37. The summed E-state index contributed by atoms with van der Waals surface area (Å²) in [6.07, 6.45) is 1.99. The number of fused-ring (bicyclic) bond motifs is 1. The molecule has 2 aromatic rings. The maximum Gasteiger partial charge on any atom is 0.273 e. The number of benzene rings is 1. The minimum Gasteiger partial charge on any atom is -0.497 e. The first kappa shape index (κ1) is 17.5. The van der Waals surface area contributed by atoms with E-state index in [1.807, 2.05) is 22.4 Å². The average Bonchev–Trinajstić information content (AvgIpc) is 3.37. The molecular weight excluding hydrogens is 346 g/mol. The van der Waals surface area contributed by atoms with Crippen molar-refractivity contribution >= 4 is 17.2 Å². The Hall–Kier alpha value is -1.92. The van der Waals surface area contributed by atoms with Gasteiger partial charge in [-0.2, -0.15) is 0 Å². The van der Waals surface area contributed by atoms with Crippen LogP contribution in [0.15, 0.2) is 29.6 Å². The van der Waals surface area contributed by atoms with Gasteiger partial charge in [-0.05, 0) is 36.5 Å². The number of likely N-dealkylation sites (tertiary alicyclic amines) is 1. The van der Waals surface area contributed by atoms with Gasteiger partial charge in [0.1, 0.15) is 11.4 Å². The summed E-state index contributed by atoms with van der Waals surface area (Å²) in [5, 5.41) is 6.47. The molecule has 0 unspecified atom stereocenters. The highest BCUT2D eigenvalue weighted by Gasteiger charge is 2.47.